The van der Waals surface area contributed by atoms with E-state index in [1.54, 1.807) is 41.5 Å². The number of carbonyl (C=O) groups is 5. The third-order valence-electron chi connectivity index (χ3n) is 12.5. The van der Waals surface area contributed by atoms with Crippen molar-refractivity contribution in [3.05, 3.63) is 88.1 Å². The van der Waals surface area contributed by atoms with E-state index >= 15 is 0 Å². The van der Waals surface area contributed by atoms with Crippen molar-refractivity contribution in [2.24, 2.45) is 17.8 Å². The highest BCUT2D eigenvalue weighted by Gasteiger charge is 2.44. The second-order valence-corrected chi connectivity index (χ2v) is 21.7. The van der Waals surface area contributed by atoms with E-state index in [0.717, 1.165) is 16.6 Å². The number of piperidine rings is 1. The third kappa shape index (κ3) is 12.8. The zero-order chi connectivity index (χ0) is 50.3. The van der Waals surface area contributed by atoms with E-state index in [-0.39, 0.29) is 112 Å². The summed E-state index contributed by atoms with van der Waals surface area (Å²) in [6, 6.07) is 13.6. The number of hydrogen-bond acceptors (Lipinski definition) is 11. The molecule has 1 unspecified atom stereocenters. The van der Waals surface area contributed by atoms with Crippen LogP contribution in [0.3, 0.4) is 0 Å². The quantitative estimate of drug-likeness (QED) is 0.0852. The van der Waals surface area contributed by atoms with E-state index in [2.05, 4.69) is 30.4 Å². The van der Waals surface area contributed by atoms with Crippen LogP contribution < -0.4 is 5.32 Å². The molecule has 3 aliphatic rings. The summed E-state index contributed by atoms with van der Waals surface area (Å²) in [6.45, 7) is 15.1. The third-order valence-corrected chi connectivity index (χ3v) is 13.9. The molecular formula is C49H58BrClF3N9O7S. The van der Waals surface area contributed by atoms with E-state index in [0.29, 0.717) is 49.8 Å². The molecule has 16 nitrogen and oxygen atoms in total. The van der Waals surface area contributed by atoms with E-state index in [4.69, 9.17) is 21.1 Å². The number of alkyl halides is 3. The number of halogens is 5. The monoisotopic (exact) mass is 1090 g/mol. The van der Waals surface area contributed by atoms with Gasteiger partial charge >= 0.3 is 18.2 Å². The first-order chi connectivity index (χ1) is 33.0. The summed E-state index contributed by atoms with van der Waals surface area (Å²) in [5, 5.41) is 9.81. The second-order valence-electron chi connectivity index (χ2n) is 20.2. The lowest BCUT2D eigenvalue weighted by Gasteiger charge is -2.44. The first-order valence-electron chi connectivity index (χ1n) is 23.3. The van der Waals surface area contributed by atoms with Crippen LogP contribution in [0.5, 0.6) is 0 Å². The van der Waals surface area contributed by atoms with Crippen molar-refractivity contribution >= 4 is 85.5 Å². The van der Waals surface area contributed by atoms with Gasteiger partial charge < -0.3 is 39.4 Å². The van der Waals surface area contributed by atoms with E-state index in [9.17, 15) is 37.1 Å². The molecule has 382 valence electrons. The number of amides is 4. The van der Waals surface area contributed by atoms with Crippen LogP contribution in [0.2, 0.25) is 5.02 Å². The minimum absolute atomic E-state index is 0. The molecule has 0 saturated carbocycles. The summed E-state index contributed by atoms with van der Waals surface area (Å²) in [5.74, 6) is -3.01. The van der Waals surface area contributed by atoms with Gasteiger partial charge in [-0.2, -0.15) is 18.3 Å². The van der Waals surface area contributed by atoms with Gasteiger partial charge in [0, 0.05) is 86.0 Å². The van der Waals surface area contributed by atoms with Crippen molar-refractivity contribution in [3.63, 3.8) is 0 Å². The largest absolute Gasteiger partial charge is 0.459 e. The van der Waals surface area contributed by atoms with Crippen LogP contribution in [0.15, 0.2) is 54.7 Å². The summed E-state index contributed by atoms with van der Waals surface area (Å²) in [5.41, 5.74) is -1.62. The molecule has 1 atom stereocenters. The number of nitrogens with zero attached hydrogens (tertiary/aromatic N) is 6. The number of ether oxygens (including phenoxy) is 2. The Labute approximate surface area is 428 Å². The number of rotatable bonds is 11. The molecule has 5 aromatic rings. The predicted molar refractivity (Wildman–Crippen MR) is 268 cm³/mol. The Hall–Kier alpha value is -5.51. The first kappa shape index (κ1) is 53.3. The summed E-state index contributed by atoms with van der Waals surface area (Å²) in [4.78, 5) is 82.2. The number of imidazole rings is 1. The highest BCUT2D eigenvalue weighted by atomic mass is 79.9. The van der Waals surface area contributed by atoms with Crippen molar-refractivity contribution in [2.45, 2.75) is 78.2 Å². The van der Waals surface area contributed by atoms with Crippen LogP contribution in [0.25, 0.3) is 20.7 Å². The SMILES string of the molecule is Br.CC(C)(C)OC(=O)C(C(=O)N1CCN(C(=O)c2ccc(NC(=O)c3ncc(Cc4c(-c5cc6ccccc6s5)n[nH]c4C(F)(F)F)[nH]3)cc2Cl)CC1)C1CCN(CC2CN(C(=O)OC(C)(C)C)C2)CC1. The number of thiophene rings is 1. The molecule has 0 bridgehead atoms. The molecule has 0 spiro atoms. The minimum Gasteiger partial charge on any atom is -0.459 e. The number of hydrogen-bond donors (Lipinski definition) is 3. The molecule has 3 aliphatic heterocycles. The van der Waals surface area contributed by atoms with Gasteiger partial charge in [0.1, 0.15) is 28.5 Å². The van der Waals surface area contributed by atoms with Gasteiger partial charge in [-0.05, 0) is 109 Å². The summed E-state index contributed by atoms with van der Waals surface area (Å²) < 4.78 is 54.6. The average Bonchev–Trinajstić information content (AvgIpc) is 4.03. The van der Waals surface area contributed by atoms with Gasteiger partial charge in [-0.15, -0.1) is 28.3 Å². The van der Waals surface area contributed by atoms with E-state index < -0.39 is 40.9 Å². The average molecular weight is 1090 g/mol. The molecule has 3 saturated heterocycles. The molecule has 22 heteroatoms. The van der Waals surface area contributed by atoms with Crippen molar-refractivity contribution in [3.8, 4) is 10.6 Å². The van der Waals surface area contributed by atoms with Crippen LogP contribution >= 0.6 is 39.9 Å². The Morgan fingerprint density at radius 2 is 1.54 bits per heavy atom. The molecule has 6 heterocycles. The Bertz CT molecular complexity index is 2730. The first-order valence-corrected chi connectivity index (χ1v) is 24.5. The molecule has 4 amide bonds. The fourth-order valence-electron chi connectivity index (χ4n) is 9.14. The molecule has 8 rings (SSSR count). The van der Waals surface area contributed by atoms with Crippen molar-refractivity contribution in [1.82, 2.24) is 39.8 Å². The molecule has 3 N–H and O–H groups in total. The van der Waals surface area contributed by atoms with Crippen molar-refractivity contribution in [2.75, 3.05) is 64.2 Å². The van der Waals surface area contributed by atoms with Gasteiger partial charge in [-0.3, -0.25) is 24.3 Å². The van der Waals surface area contributed by atoms with Gasteiger partial charge in [0.15, 0.2) is 5.82 Å². The molecule has 71 heavy (non-hydrogen) atoms. The van der Waals surface area contributed by atoms with Crippen LogP contribution in [-0.2, 0) is 31.7 Å². The highest BCUT2D eigenvalue weighted by Crippen LogP contribution is 2.40. The van der Waals surface area contributed by atoms with Crippen LogP contribution in [0.4, 0.5) is 23.7 Å². The fraction of sp³-hybridized carbons (Fsp3) is 0.490. The number of fused-ring (bicyclic) bond motifs is 1. The van der Waals surface area contributed by atoms with Crippen LogP contribution in [0, 0.1) is 17.8 Å². The normalized spacial score (nSPS) is 16.8. The number of benzene rings is 2. The summed E-state index contributed by atoms with van der Waals surface area (Å²) >= 11 is 7.94. The molecule has 0 aliphatic carbocycles. The number of likely N-dealkylation sites (tertiary alicyclic amines) is 2. The van der Waals surface area contributed by atoms with Crippen LogP contribution in [-0.4, -0.2) is 140 Å². The van der Waals surface area contributed by atoms with Crippen molar-refractivity contribution < 1.29 is 46.6 Å². The molecular weight excluding hydrogens is 1030 g/mol. The Kier molecular flexibility index (Phi) is 16.0. The topological polar surface area (TPSA) is 186 Å². The number of anilines is 1. The Morgan fingerprint density at radius 1 is 0.873 bits per heavy atom. The lowest BCUT2D eigenvalue weighted by Crippen LogP contribution is -2.56. The summed E-state index contributed by atoms with van der Waals surface area (Å²) in [6.07, 6.45) is -2.72. The van der Waals surface area contributed by atoms with E-state index in [1.165, 1.54) is 35.7 Å². The van der Waals surface area contributed by atoms with Crippen molar-refractivity contribution in [1.29, 1.82) is 0 Å². The second kappa shape index (κ2) is 21.3. The smallest absolute Gasteiger partial charge is 0.433 e. The zero-order valence-electron chi connectivity index (χ0n) is 40.3. The lowest BCUT2D eigenvalue weighted by atomic mass is 9.82. The van der Waals surface area contributed by atoms with Gasteiger partial charge in [-0.25, -0.2) is 9.78 Å². The van der Waals surface area contributed by atoms with Gasteiger partial charge in [-0.1, -0.05) is 29.8 Å². The number of nitrogens with one attached hydrogen (secondary N) is 3. The summed E-state index contributed by atoms with van der Waals surface area (Å²) in [7, 11) is 0. The number of H-pyrrole nitrogens is 2. The lowest BCUT2D eigenvalue weighted by molar-refractivity contribution is -0.168. The maximum absolute atomic E-state index is 14.2. The number of piperazine rings is 1. The predicted octanol–water partition coefficient (Wildman–Crippen LogP) is 8.93. The number of carbonyl (C=O) groups excluding carboxylic acids is 5. The standard InChI is InChI=1S/C49H57ClF3N9O7S.BrH/c1-47(2,3)68-45(66)38(29-13-15-59(16-14-29)25-28-26-62(27-28)46(67)69-48(4,5)6)44(65)61-19-17-60(18-20-61)43(64)33-12-11-31(23-35(33)50)56-42(63)41-54-24-32(55-41)22-34-39(57-58-40(34)49(51,52)53)37-21-30-9-7-8-10-36(30)70-37;/h7-12,21,23-24,28-29,38H,13-20,22,25-27H2,1-6H3,(H,54,55)(H,56,63)(H,57,58);1H. The van der Waals surface area contributed by atoms with E-state index in [1.807, 2.05) is 45.0 Å². The minimum atomic E-state index is -4.71. The van der Waals surface area contributed by atoms with Gasteiger partial charge in [0.25, 0.3) is 11.8 Å². The van der Waals surface area contributed by atoms with Gasteiger partial charge in [0.2, 0.25) is 5.91 Å². The fourth-order valence-corrected chi connectivity index (χ4v) is 10.5. The number of esters is 1. The number of aromatic amines is 2. The Balaban J connectivity index is 0.00000741. The molecule has 3 aromatic heterocycles. The number of aromatic nitrogens is 4. The maximum atomic E-state index is 14.2. The maximum Gasteiger partial charge on any atom is 0.433 e. The molecule has 2 aromatic carbocycles. The Morgan fingerprint density at radius 3 is 2.17 bits per heavy atom. The molecule has 0 radical (unpaired) electrons. The zero-order valence-corrected chi connectivity index (χ0v) is 43.6. The molecule has 3 fully saturated rings. The van der Waals surface area contributed by atoms with Gasteiger partial charge in [0.05, 0.1) is 15.5 Å². The van der Waals surface area contributed by atoms with Crippen LogP contribution in [0.1, 0.15) is 92.3 Å². The highest BCUT2D eigenvalue weighted by molar-refractivity contribution is 8.93.